The standard InChI is InChI=1S/C23H26N4O2S/c1-15-13-19(16(2)30-15)20(28)10-11-22(29)24-18-8-6-7-17(14-18)23-26-25-21-9-4-3-5-12-27(21)23/h6-8,13-14H,3-5,9-12H2,1-2H3,(H,24,29). The normalized spacial score (nSPS) is 13.5. The Balaban J connectivity index is 1.41. The highest BCUT2D eigenvalue weighted by molar-refractivity contribution is 7.12. The molecule has 0 bridgehead atoms. The van der Waals surface area contributed by atoms with Crippen molar-refractivity contribution in [2.75, 3.05) is 5.32 Å². The smallest absolute Gasteiger partial charge is 0.224 e. The number of amides is 1. The number of rotatable bonds is 6. The highest BCUT2D eigenvalue weighted by Crippen LogP contribution is 2.25. The molecule has 30 heavy (non-hydrogen) atoms. The molecule has 1 aliphatic rings. The van der Waals surface area contributed by atoms with Gasteiger partial charge in [0.05, 0.1) is 0 Å². The van der Waals surface area contributed by atoms with E-state index in [-0.39, 0.29) is 24.5 Å². The van der Waals surface area contributed by atoms with E-state index in [1.165, 1.54) is 6.42 Å². The first-order valence-electron chi connectivity index (χ1n) is 10.4. The summed E-state index contributed by atoms with van der Waals surface area (Å²) >= 11 is 1.61. The van der Waals surface area contributed by atoms with Crippen LogP contribution in [0.5, 0.6) is 0 Å². The molecule has 0 unspecified atom stereocenters. The lowest BCUT2D eigenvalue weighted by Crippen LogP contribution is -2.13. The maximum Gasteiger partial charge on any atom is 0.224 e. The van der Waals surface area contributed by atoms with Gasteiger partial charge in [0.25, 0.3) is 0 Å². The van der Waals surface area contributed by atoms with Gasteiger partial charge in [-0.05, 0) is 44.9 Å². The molecule has 0 radical (unpaired) electrons. The zero-order valence-electron chi connectivity index (χ0n) is 17.4. The van der Waals surface area contributed by atoms with Crippen molar-refractivity contribution in [1.29, 1.82) is 0 Å². The number of carbonyl (C=O) groups is 2. The van der Waals surface area contributed by atoms with Crippen molar-refractivity contribution >= 4 is 28.7 Å². The van der Waals surface area contributed by atoms with Gasteiger partial charge in [-0.25, -0.2) is 0 Å². The number of nitrogens with one attached hydrogen (secondary N) is 1. The summed E-state index contributed by atoms with van der Waals surface area (Å²) in [5, 5.41) is 11.7. The predicted molar refractivity (Wildman–Crippen MR) is 119 cm³/mol. The molecule has 0 saturated carbocycles. The number of aryl methyl sites for hydroxylation is 3. The summed E-state index contributed by atoms with van der Waals surface area (Å²) in [6.45, 7) is 4.86. The molecule has 7 heteroatoms. The molecular formula is C23H26N4O2S. The van der Waals surface area contributed by atoms with Crippen molar-refractivity contribution in [2.45, 2.75) is 58.9 Å². The van der Waals surface area contributed by atoms with E-state index in [2.05, 4.69) is 20.1 Å². The van der Waals surface area contributed by atoms with Gasteiger partial charge in [0.1, 0.15) is 5.82 Å². The van der Waals surface area contributed by atoms with Crippen LogP contribution in [0.1, 0.15) is 58.0 Å². The summed E-state index contributed by atoms with van der Waals surface area (Å²) in [4.78, 5) is 27.0. The Kier molecular flexibility index (Phi) is 6.08. The molecule has 0 aliphatic carbocycles. The Morgan fingerprint density at radius 2 is 1.97 bits per heavy atom. The van der Waals surface area contributed by atoms with Crippen LogP contribution in [0.15, 0.2) is 30.3 Å². The van der Waals surface area contributed by atoms with Crippen molar-refractivity contribution in [1.82, 2.24) is 14.8 Å². The van der Waals surface area contributed by atoms with E-state index in [1.54, 1.807) is 11.3 Å². The maximum absolute atomic E-state index is 12.4. The zero-order chi connectivity index (χ0) is 21.1. The van der Waals surface area contributed by atoms with Crippen LogP contribution in [-0.4, -0.2) is 26.5 Å². The van der Waals surface area contributed by atoms with Gasteiger partial charge in [0.15, 0.2) is 11.6 Å². The second-order valence-corrected chi connectivity index (χ2v) is 9.24. The fourth-order valence-electron chi connectivity index (χ4n) is 3.93. The Bertz CT molecular complexity index is 1080. The van der Waals surface area contributed by atoms with Crippen LogP contribution in [0.2, 0.25) is 0 Å². The van der Waals surface area contributed by atoms with Gasteiger partial charge >= 0.3 is 0 Å². The third-order valence-corrected chi connectivity index (χ3v) is 6.40. The Hall–Kier alpha value is -2.80. The predicted octanol–water partition coefficient (Wildman–Crippen LogP) is 4.95. The van der Waals surface area contributed by atoms with E-state index >= 15 is 0 Å². The first kappa shape index (κ1) is 20.5. The minimum atomic E-state index is -0.162. The number of carbonyl (C=O) groups excluding carboxylic acids is 2. The molecule has 1 aliphatic heterocycles. The highest BCUT2D eigenvalue weighted by atomic mass is 32.1. The van der Waals surface area contributed by atoms with Crippen molar-refractivity contribution < 1.29 is 9.59 Å². The fourth-order valence-corrected chi connectivity index (χ4v) is 4.87. The number of hydrogen-bond acceptors (Lipinski definition) is 5. The number of hydrogen-bond donors (Lipinski definition) is 1. The Labute approximate surface area is 180 Å². The molecule has 156 valence electrons. The van der Waals surface area contributed by atoms with Gasteiger partial charge < -0.3 is 9.88 Å². The maximum atomic E-state index is 12.4. The molecule has 0 spiro atoms. The lowest BCUT2D eigenvalue weighted by molar-refractivity contribution is -0.116. The number of ketones is 1. The molecule has 1 aromatic carbocycles. The minimum absolute atomic E-state index is 0.0203. The second-order valence-electron chi connectivity index (χ2n) is 7.78. The Morgan fingerprint density at radius 1 is 1.10 bits per heavy atom. The topological polar surface area (TPSA) is 76.9 Å². The molecule has 4 rings (SSSR count). The zero-order valence-corrected chi connectivity index (χ0v) is 18.2. The summed E-state index contributed by atoms with van der Waals surface area (Å²) in [7, 11) is 0. The van der Waals surface area contributed by atoms with E-state index in [0.717, 1.165) is 58.3 Å². The molecular weight excluding hydrogens is 396 g/mol. The van der Waals surface area contributed by atoms with E-state index in [0.29, 0.717) is 5.69 Å². The first-order chi connectivity index (χ1) is 14.5. The third-order valence-electron chi connectivity index (χ3n) is 5.43. The lowest BCUT2D eigenvalue weighted by Gasteiger charge is -2.09. The van der Waals surface area contributed by atoms with Crippen LogP contribution in [0, 0.1) is 13.8 Å². The Morgan fingerprint density at radius 3 is 2.77 bits per heavy atom. The van der Waals surface area contributed by atoms with Crippen molar-refractivity contribution in [3.63, 3.8) is 0 Å². The van der Waals surface area contributed by atoms with Gasteiger partial charge in [-0.3, -0.25) is 9.59 Å². The second kappa shape index (κ2) is 8.92. The van der Waals surface area contributed by atoms with E-state index < -0.39 is 0 Å². The number of anilines is 1. The van der Waals surface area contributed by atoms with Gasteiger partial charge in [0.2, 0.25) is 5.91 Å². The first-order valence-corrected chi connectivity index (χ1v) is 11.3. The van der Waals surface area contributed by atoms with Gasteiger partial charge in [-0.15, -0.1) is 21.5 Å². The number of benzene rings is 1. The summed E-state index contributed by atoms with van der Waals surface area (Å²) in [6, 6.07) is 9.59. The third kappa shape index (κ3) is 4.51. The quantitative estimate of drug-likeness (QED) is 0.570. The van der Waals surface area contributed by atoms with Crippen LogP contribution >= 0.6 is 11.3 Å². The average Bonchev–Trinajstić information content (AvgIpc) is 3.20. The molecule has 0 fully saturated rings. The van der Waals surface area contributed by atoms with Crippen LogP contribution in [-0.2, 0) is 17.8 Å². The van der Waals surface area contributed by atoms with Crippen molar-refractivity contribution in [3.8, 4) is 11.4 Å². The summed E-state index contributed by atoms with van der Waals surface area (Å²) in [6.07, 6.45) is 4.82. The number of aromatic nitrogens is 3. The van der Waals surface area contributed by atoms with Crippen LogP contribution in [0.25, 0.3) is 11.4 Å². The largest absolute Gasteiger partial charge is 0.326 e. The number of fused-ring (bicyclic) bond motifs is 1. The average molecular weight is 423 g/mol. The molecule has 1 amide bonds. The molecule has 6 nitrogen and oxygen atoms in total. The van der Waals surface area contributed by atoms with Gasteiger partial charge in [0, 0.05) is 52.4 Å². The van der Waals surface area contributed by atoms with Crippen LogP contribution in [0.4, 0.5) is 5.69 Å². The summed E-state index contributed by atoms with van der Waals surface area (Å²) in [5.41, 5.74) is 2.38. The SMILES string of the molecule is Cc1cc(C(=O)CCC(=O)Nc2cccc(-c3nnc4n3CCCCC4)c2)c(C)s1. The van der Waals surface area contributed by atoms with E-state index in [9.17, 15) is 9.59 Å². The van der Waals surface area contributed by atoms with Crippen molar-refractivity contribution in [2.24, 2.45) is 0 Å². The molecule has 3 heterocycles. The van der Waals surface area contributed by atoms with Crippen LogP contribution < -0.4 is 5.32 Å². The summed E-state index contributed by atoms with van der Waals surface area (Å²) < 4.78 is 2.19. The molecule has 3 aromatic rings. The highest BCUT2D eigenvalue weighted by Gasteiger charge is 2.17. The molecule has 2 aromatic heterocycles. The molecule has 0 saturated heterocycles. The van der Waals surface area contributed by atoms with Crippen molar-refractivity contribution in [3.05, 3.63) is 51.5 Å². The monoisotopic (exact) mass is 422 g/mol. The number of thiophene rings is 1. The molecule has 1 N–H and O–H groups in total. The number of Topliss-reactive ketones (excluding diaryl/α,β-unsaturated/α-hetero) is 1. The fraction of sp³-hybridized carbons (Fsp3) is 0.391. The van der Waals surface area contributed by atoms with Gasteiger partial charge in [-0.1, -0.05) is 18.6 Å². The molecule has 0 atom stereocenters. The van der Waals surface area contributed by atoms with Gasteiger partial charge in [-0.2, -0.15) is 0 Å². The van der Waals surface area contributed by atoms with E-state index in [1.807, 2.05) is 44.2 Å². The minimum Gasteiger partial charge on any atom is -0.326 e. The van der Waals surface area contributed by atoms with Crippen LogP contribution in [0.3, 0.4) is 0 Å². The summed E-state index contributed by atoms with van der Waals surface area (Å²) in [5.74, 6) is 1.74. The lowest BCUT2D eigenvalue weighted by atomic mass is 10.1. The van der Waals surface area contributed by atoms with E-state index in [4.69, 9.17) is 0 Å². The number of nitrogens with zero attached hydrogens (tertiary/aromatic N) is 3.